The molecule has 2 amide bonds. The second-order valence-corrected chi connectivity index (χ2v) is 7.03. The van der Waals surface area contributed by atoms with Crippen molar-refractivity contribution >= 4 is 75.5 Å². The second kappa shape index (κ2) is 6.46. The van der Waals surface area contributed by atoms with E-state index in [-0.39, 0.29) is 36.2 Å². The number of carbonyl (C=O) groups excluding carboxylic acids is 2. The molecule has 0 atom stereocenters. The molecule has 0 fully saturated rings. The standard InChI is InChI=1S/C15H3Cl5F3NO2/c16-5-2-1-4(15(21,22)23)3-6(5)24-13(25)7-8(14(24)26)10(18)12(20)11(19)9(7)17/h1-3H. The molecule has 0 saturated carbocycles. The molecular formula is C15H3Cl5F3NO2. The van der Waals surface area contributed by atoms with E-state index >= 15 is 0 Å². The molecule has 0 spiro atoms. The third-order valence-electron chi connectivity index (χ3n) is 3.62. The summed E-state index contributed by atoms with van der Waals surface area (Å²) < 4.78 is 38.9. The molecular weight excluding hydrogens is 460 g/mol. The summed E-state index contributed by atoms with van der Waals surface area (Å²) in [5.74, 6) is -2.03. The van der Waals surface area contributed by atoms with Gasteiger partial charge in [-0.3, -0.25) is 9.59 Å². The summed E-state index contributed by atoms with van der Waals surface area (Å²) in [7, 11) is 0. The van der Waals surface area contributed by atoms with Gasteiger partial charge in [-0.15, -0.1) is 0 Å². The molecule has 0 aliphatic carbocycles. The molecule has 1 aliphatic heterocycles. The number of imide groups is 1. The van der Waals surface area contributed by atoms with Gasteiger partial charge in [0.15, 0.2) is 0 Å². The molecule has 136 valence electrons. The SMILES string of the molecule is O=C1c2c(Cl)c(Cl)c(Cl)c(Cl)c2C(=O)N1c1cc(C(F)(F)F)ccc1Cl. The van der Waals surface area contributed by atoms with Crippen LogP contribution in [-0.4, -0.2) is 11.8 Å². The lowest BCUT2D eigenvalue weighted by atomic mass is 10.1. The Morgan fingerprint density at radius 2 is 1.23 bits per heavy atom. The van der Waals surface area contributed by atoms with Crippen molar-refractivity contribution in [3.63, 3.8) is 0 Å². The van der Waals surface area contributed by atoms with Crippen LogP contribution >= 0.6 is 58.0 Å². The smallest absolute Gasteiger partial charge is 0.268 e. The quantitative estimate of drug-likeness (QED) is 0.266. The highest BCUT2D eigenvalue weighted by Crippen LogP contribution is 2.47. The van der Waals surface area contributed by atoms with Crippen LogP contribution in [0.15, 0.2) is 18.2 Å². The average molecular weight is 463 g/mol. The number of benzene rings is 2. The Kier molecular flexibility index (Phi) is 4.86. The van der Waals surface area contributed by atoms with Crippen molar-refractivity contribution in [3.8, 4) is 0 Å². The maximum atomic E-state index is 13.0. The normalized spacial score (nSPS) is 14.2. The van der Waals surface area contributed by atoms with Crippen LogP contribution in [0.2, 0.25) is 25.1 Å². The van der Waals surface area contributed by atoms with Gasteiger partial charge in [0.2, 0.25) is 0 Å². The first-order valence-corrected chi connectivity index (χ1v) is 8.47. The molecule has 0 unspecified atom stereocenters. The van der Waals surface area contributed by atoms with Crippen molar-refractivity contribution in [1.29, 1.82) is 0 Å². The van der Waals surface area contributed by atoms with Crippen molar-refractivity contribution in [2.45, 2.75) is 6.18 Å². The highest BCUT2D eigenvalue weighted by molar-refractivity contribution is 6.56. The fourth-order valence-electron chi connectivity index (χ4n) is 2.43. The van der Waals surface area contributed by atoms with Crippen molar-refractivity contribution in [3.05, 3.63) is 60.0 Å². The predicted octanol–water partition coefficient (Wildman–Crippen LogP) is 6.77. The Labute approximate surface area is 169 Å². The Bertz CT molecular complexity index is 943. The lowest BCUT2D eigenvalue weighted by Gasteiger charge is -2.17. The third-order valence-corrected chi connectivity index (χ3v) is 5.74. The van der Waals surface area contributed by atoms with Crippen LogP contribution in [0.5, 0.6) is 0 Å². The fraction of sp³-hybridized carbons (Fsp3) is 0.0667. The molecule has 3 nitrogen and oxygen atoms in total. The lowest BCUT2D eigenvalue weighted by molar-refractivity contribution is -0.137. The molecule has 0 aromatic heterocycles. The van der Waals surface area contributed by atoms with Gasteiger partial charge in [0.1, 0.15) is 0 Å². The van der Waals surface area contributed by atoms with Crippen LogP contribution in [0, 0.1) is 0 Å². The number of amides is 2. The number of hydrogen-bond donors (Lipinski definition) is 0. The van der Waals surface area contributed by atoms with Gasteiger partial charge in [0.25, 0.3) is 11.8 Å². The summed E-state index contributed by atoms with van der Waals surface area (Å²) in [5.41, 5.74) is -2.28. The Balaban J connectivity index is 2.25. The van der Waals surface area contributed by atoms with Gasteiger partial charge < -0.3 is 0 Å². The maximum Gasteiger partial charge on any atom is 0.416 e. The first kappa shape index (κ1) is 19.6. The van der Waals surface area contributed by atoms with Crippen molar-refractivity contribution in [1.82, 2.24) is 0 Å². The first-order chi connectivity index (χ1) is 12.0. The second-order valence-electron chi connectivity index (χ2n) is 5.12. The number of hydrogen-bond acceptors (Lipinski definition) is 2. The molecule has 0 bridgehead atoms. The number of alkyl halides is 3. The molecule has 0 saturated heterocycles. The molecule has 1 heterocycles. The Hall–Kier alpha value is -1.18. The number of rotatable bonds is 1. The number of nitrogens with zero attached hydrogens (tertiary/aromatic N) is 1. The highest BCUT2D eigenvalue weighted by atomic mass is 35.5. The van der Waals surface area contributed by atoms with Gasteiger partial charge >= 0.3 is 6.18 Å². The number of carbonyl (C=O) groups is 2. The van der Waals surface area contributed by atoms with Gasteiger partial charge in [-0.2, -0.15) is 13.2 Å². The summed E-state index contributed by atoms with van der Waals surface area (Å²) in [6, 6.07) is 2.22. The van der Waals surface area contributed by atoms with E-state index in [1.54, 1.807) is 0 Å². The van der Waals surface area contributed by atoms with Crippen LogP contribution in [-0.2, 0) is 6.18 Å². The van der Waals surface area contributed by atoms with Crippen molar-refractivity contribution in [2.75, 3.05) is 4.90 Å². The molecule has 11 heteroatoms. The summed E-state index contributed by atoms with van der Waals surface area (Å²) >= 11 is 29.6. The minimum atomic E-state index is -4.71. The van der Waals surface area contributed by atoms with E-state index in [4.69, 9.17) is 58.0 Å². The van der Waals surface area contributed by atoms with Gasteiger partial charge in [0.05, 0.1) is 47.5 Å². The fourth-order valence-corrected chi connectivity index (χ4v) is 3.64. The zero-order chi connectivity index (χ0) is 19.5. The van der Waals surface area contributed by atoms with E-state index in [0.29, 0.717) is 11.0 Å². The van der Waals surface area contributed by atoms with Gasteiger partial charge in [0, 0.05) is 0 Å². The molecule has 26 heavy (non-hydrogen) atoms. The summed E-state index contributed by atoms with van der Waals surface area (Å²) in [5, 5.41) is -1.43. The zero-order valence-corrected chi connectivity index (χ0v) is 15.8. The van der Waals surface area contributed by atoms with Gasteiger partial charge in [-0.1, -0.05) is 58.0 Å². The lowest BCUT2D eigenvalue weighted by Crippen LogP contribution is -2.30. The van der Waals surface area contributed by atoms with Crippen LogP contribution in [0.4, 0.5) is 18.9 Å². The largest absolute Gasteiger partial charge is 0.416 e. The Morgan fingerprint density at radius 3 is 1.65 bits per heavy atom. The monoisotopic (exact) mass is 461 g/mol. The van der Waals surface area contributed by atoms with E-state index in [1.807, 2.05) is 0 Å². The summed E-state index contributed by atoms with van der Waals surface area (Å²) in [6.45, 7) is 0. The van der Waals surface area contributed by atoms with E-state index in [0.717, 1.165) is 12.1 Å². The van der Waals surface area contributed by atoms with Gasteiger partial charge in [-0.05, 0) is 18.2 Å². The minimum absolute atomic E-state index is 0.253. The molecule has 2 aromatic rings. The predicted molar refractivity (Wildman–Crippen MR) is 94.1 cm³/mol. The molecule has 1 aliphatic rings. The highest BCUT2D eigenvalue weighted by Gasteiger charge is 2.44. The van der Waals surface area contributed by atoms with Crippen LogP contribution in [0.1, 0.15) is 26.3 Å². The Morgan fingerprint density at radius 1 is 0.769 bits per heavy atom. The van der Waals surface area contributed by atoms with E-state index in [2.05, 4.69) is 0 Å². The number of halogens is 8. The average Bonchev–Trinajstić information content (AvgIpc) is 2.81. The summed E-state index contributed by atoms with van der Waals surface area (Å²) in [4.78, 5) is 25.8. The number of anilines is 1. The van der Waals surface area contributed by atoms with E-state index < -0.39 is 29.2 Å². The van der Waals surface area contributed by atoms with E-state index in [1.165, 1.54) is 0 Å². The zero-order valence-electron chi connectivity index (χ0n) is 12.0. The molecule has 3 rings (SSSR count). The topological polar surface area (TPSA) is 37.4 Å². The van der Waals surface area contributed by atoms with Crippen molar-refractivity contribution in [2.24, 2.45) is 0 Å². The van der Waals surface area contributed by atoms with Crippen LogP contribution < -0.4 is 4.90 Å². The van der Waals surface area contributed by atoms with Gasteiger partial charge in [-0.25, -0.2) is 4.90 Å². The van der Waals surface area contributed by atoms with E-state index in [9.17, 15) is 22.8 Å². The van der Waals surface area contributed by atoms with Crippen LogP contribution in [0.25, 0.3) is 0 Å². The van der Waals surface area contributed by atoms with Crippen molar-refractivity contribution < 1.29 is 22.8 Å². The molecule has 0 radical (unpaired) electrons. The third kappa shape index (κ3) is 2.84. The number of fused-ring (bicyclic) bond motifs is 1. The maximum absolute atomic E-state index is 13.0. The molecule has 0 N–H and O–H groups in total. The minimum Gasteiger partial charge on any atom is -0.268 e. The molecule has 2 aromatic carbocycles. The summed E-state index contributed by atoms with van der Waals surface area (Å²) in [6.07, 6.45) is -4.71. The first-order valence-electron chi connectivity index (χ1n) is 6.58. The van der Waals surface area contributed by atoms with Crippen LogP contribution in [0.3, 0.4) is 0 Å².